The highest BCUT2D eigenvalue weighted by atomic mass is 35.5. The van der Waals surface area contributed by atoms with Gasteiger partial charge in [-0.05, 0) is 49.2 Å². The van der Waals surface area contributed by atoms with Gasteiger partial charge >= 0.3 is 0 Å². The van der Waals surface area contributed by atoms with Crippen LogP contribution in [0.25, 0.3) is 0 Å². The first-order valence-electron chi connectivity index (χ1n) is 6.70. The smallest absolute Gasteiger partial charge is 0.238 e. The Hall–Kier alpha value is -1.87. The molecule has 0 aliphatic heterocycles. The number of rotatable bonds is 5. The topological polar surface area (TPSA) is 56.1 Å². The third-order valence-electron chi connectivity index (χ3n) is 3.17. The van der Waals surface area contributed by atoms with E-state index in [1.807, 2.05) is 18.0 Å². The molecule has 114 valence electrons. The average molecular weight is 334 g/mol. The van der Waals surface area contributed by atoms with E-state index in [4.69, 9.17) is 16.9 Å². The number of aryl methyl sites for hydroxylation is 1. The summed E-state index contributed by atoms with van der Waals surface area (Å²) in [6.45, 7) is 3.10. The second-order valence-electron chi connectivity index (χ2n) is 5.05. The van der Waals surface area contributed by atoms with E-state index in [0.29, 0.717) is 16.3 Å². The van der Waals surface area contributed by atoms with E-state index in [1.165, 1.54) is 10.4 Å². The number of hydrogen-bond acceptors (Lipinski definition) is 4. The molecule has 1 aromatic heterocycles. The molecule has 2 aromatic rings. The van der Waals surface area contributed by atoms with Gasteiger partial charge in [-0.15, -0.1) is 11.3 Å². The van der Waals surface area contributed by atoms with E-state index in [0.717, 1.165) is 6.54 Å². The fourth-order valence-corrected chi connectivity index (χ4v) is 3.20. The summed E-state index contributed by atoms with van der Waals surface area (Å²) >= 11 is 7.64. The van der Waals surface area contributed by atoms with Gasteiger partial charge in [-0.3, -0.25) is 9.69 Å². The molecule has 1 N–H and O–H groups in total. The van der Waals surface area contributed by atoms with Crippen molar-refractivity contribution in [3.63, 3.8) is 0 Å². The number of nitriles is 1. The molecule has 0 aliphatic rings. The first-order chi connectivity index (χ1) is 10.5. The van der Waals surface area contributed by atoms with Crippen molar-refractivity contribution in [1.29, 1.82) is 5.26 Å². The van der Waals surface area contributed by atoms with Gasteiger partial charge in [-0.2, -0.15) is 5.26 Å². The molecule has 0 spiro atoms. The van der Waals surface area contributed by atoms with Crippen molar-refractivity contribution in [3.05, 3.63) is 50.7 Å². The van der Waals surface area contributed by atoms with Gasteiger partial charge in [0.2, 0.25) is 5.91 Å². The Morgan fingerprint density at radius 1 is 1.45 bits per heavy atom. The predicted octanol–water partition coefficient (Wildman–Crippen LogP) is 3.65. The van der Waals surface area contributed by atoms with E-state index in [-0.39, 0.29) is 12.5 Å². The number of amides is 1. The Morgan fingerprint density at radius 2 is 2.23 bits per heavy atom. The molecule has 0 aliphatic carbocycles. The second kappa shape index (κ2) is 7.41. The average Bonchev–Trinajstić information content (AvgIpc) is 2.84. The van der Waals surface area contributed by atoms with Gasteiger partial charge in [-0.25, -0.2) is 0 Å². The van der Waals surface area contributed by atoms with Crippen LogP contribution in [-0.2, 0) is 11.3 Å². The SMILES string of the molecule is Cc1ccsc1CN(C)CC(=O)Nc1ccc(C#N)c(Cl)c1. The Morgan fingerprint density at radius 3 is 2.82 bits per heavy atom. The molecule has 0 unspecified atom stereocenters. The molecular formula is C16H16ClN3OS. The summed E-state index contributed by atoms with van der Waals surface area (Å²) in [6, 6.07) is 8.91. The summed E-state index contributed by atoms with van der Waals surface area (Å²) in [5.74, 6) is -0.113. The highest BCUT2D eigenvalue weighted by molar-refractivity contribution is 7.10. The van der Waals surface area contributed by atoms with Crippen LogP contribution in [0.5, 0.6) is 0 Å². The zero-order valence-electron chi connectivity index (χ0n) is 12.4. The molecule has 0 fully saturated rings. The van der Waals surface area contributed by atoms with Gasteiger partial charge in [0.05, 0.1) is 17.1 Å². The zero-order chi connectivity index (χ0) is 16.1. The van der Waals surface area contributed by atoms with Gasteiger partial charge in [0, 0.05) is 17.1 Å². The molecule has 0 saturated carbocycles. The molecule has 4 nitrogen and oxygen atoms in total. The normalized spacial score (nSPS) is 10.5. The van der Waals surface area contributed by atoms with Crippen LogP contribution in [0.4, 0.5) is 5.69 Å². The van der Waals surface area contributed by atoms with Gasteiger partial charge in [0.25, 0.3) is 0 Å². The number of nitrogens with zero attached hydrogens (tertiary/aromatic N) is 2. The molecule has 0 atom stereocenters. The fourth-order valence-electron chi connectivity index (χ4n) is 2.00. The highest BCUT2D eigenvalue weighted by Crippen LogP contribution is 2.20. The lowest BCUT2D eigenvalue weighted by Crippen LogP contribution is -2.29. The van der Waals surface area contributed by atoms with Crippen LogP contribution in [-0.4, -0.2) is 24.4 Å². The molecule has 0 bridgehead atoms. The maximum absolute atomic E-state index is 12.0. The van der Waals surface area contributed by atoms with Crippen LogP contribution in [0, 0.1) is 18.3 Å². The van der Waals surface area contributed by atoms with Crippen LogP contribution in [0.2, 0.25) is 5.02 Å². The molecule has 0 radical (unpaired) electrons. The molecule has 22 heavy (non-hydrogen) atoms. The standard InChI is InChI=1S/C16H16ClN3OS/c1-11-5-6-22-15(11)9-20(2)10-16(21)19-13-4-3-12(8-18)14(17)7-13/h3-7H,9-10H2,1-2H3,(H,19,21). The number of carbonyl (C=O) groups is 1. The van der Waals surface area contributed by atoms with Crippen LogP contribution in [0.1, 0.15) is 16.0 Å². The first kappa shape index (κ1) is 16.5. The van der Waals surface area contributed by atoms with Crippen LogP contribution in [0.15, 0.2) is 29.6 Å². The second-order valence-corrected chi connectivity index (χ2v) is 6.46. The van der Waals surface area contributed by atoms with E-state index >= 15 is 0 Å². The van der Waals surface area contributed by atoms with Crippen molar-refractivity contribution in [2.75, 3.05) is 18.9 Å². The lowest BCUT2D eigenvalue weighted by Gasteiger charge is -2.16. The van der Waals surface area contributed by atoms with Gasteiger partial charge in [-0.1, -0.05) is 11.6 Å². The van der Waals surface area contributed by atoms with Gasteiger partial charge < -0.3 is 5.32 Å². The van der Waals surface area contributed by atoms with E-state index in [2.05, 4.69) is 23.7 Å². The molecule has 1 heterocycles. The van der Waals surface area contributed by atoms with Crippen molar-refractivity contribution in [2.45, 2.75) is 13.5 Å². The van der Waals surface area contributed by atoms with Crippen molar-refractivity contribution in [3.8, 4) is 6.07 Å². The molecule has 0 saturated heterocycles. The number of nitrogens with one attached hydrogen (secondary N) is 1. The summed E-state index contributed by atoms with van der Waals surface area (Å²) in [5.41, 5.74) is 2.23. The molecule has 2 rings (SSSR count). The largest absolute Gasteiger partial charge is 0.325 e. The molecule has 1 amide bonds. The Kier molecular flexibility index (Phi) is 5.56. The lowest BCUT2D eigenvalue weighted by atomic mass is 10.2. The number of benzene rings is 1. The van der Waals surface area contributed by atoms with Gasteiger partial charge in [0.15, 0.2) is 0 Å². The molecule has 1 aromatic carbocycles. The van der Waals surface area contributed by atoms with E-state index < -0.39 is 0 Å². The number of likely N-dealkylation sites (N-methyl/N-ethyl adjacent to an activating group) is 1. The minimum Gasteiger partial charge on any atom is -0.325 e. The Labute approximate surface area is 138 Å². The monoisotopic (exact) mass is 333 g/mol. The van der Waals surface area contributed by atoms with Crippen LogP contribution in [0.3, 0.4) is 0 Å². The summed E-state index contributed by atoms with van der Waals surface area (Å²) in [7, 11) is 1.91. The number of anilines is 1. The highest BCUT2D eigenvalue weighted by Gasteiger charge is 2.10. The third-order valence-corrected chi connectivity index (χ3v) is 4.49. The number of halogens is 1. The minimum absolute atomic E-state index is 0.113. The predicted molar refractivity (Wildman–Crippen MR) is 90.2 cm³/mol. The maximum atomic E-state index is 12.0. The Bertz CT molecular complexity index is 720. The summed E-state index contributed by atoms with van der Waals surface area (Å²) in [5, 5.41) is 14.0. The fraction of sp³-hybridized carbons (Fsp3) is 0.250. The lowest BCUT2D eigenvalue weighted by molar-refractivity contribution is -0.117. The summed E-state index contributed by atoms with van der Waals surface area (Å²) in [6.07, 6.45) is 0. The van der Waals surface area contributed by atoms with Crippen LogP contribution < -0.4 is 5.32 Å². The third kappa shape index (κ3) is 4.31. The van der Waals surface area contributed by atoms with Crippen molar-refractivity contribution >= 4 is 34.5 Å². The van der Waals surface area contributed by atoms with Crippen molar-refractivity contribution in [1.82, 2.24) is 4.90 Å². The van der Waals surface area contributed by atoms with Crippen molar-refractivity contribution in [2.24, 2.45) is 0 Å². The summed E-state index contributed by atoms with van der Waals surface area (Å²) in [4.78, 5) is 15.3. The molecule has 6 heteroatoms. The first-order valence-corrected chi connectivity index (χ1v) is 7.96. The van der Waals surface area contributed by atoms with Crippen molar-refractivity contribution < 1.29 is 4.79 Å². The summed E-state index contributed by atoms with van der Waals surface area (Å²) < 4.78 is 0. The minimum atomic E-state index is -0.113. The van der Waals surface area contributed by atoms with Gasteiger partial charge in [0.1, 0.15) is 6.07 Å². The zero-order valence-corrected chi connectivity index (χ0v) is 14.0. The number of hydrogen-bond donors (Lipinski definition) is 1. The quantitative estimate of drug-likeness (QED) is 0.908. The Balaban J connectivity index is 1.91. The maximum Gasteiger partial charge on any atom is 0.238 e. The number of carbonyl (C=O) groups excluding carboxylic acids is 1. The molecular weight excluding hydrogens is 318 g/mol. The number of thiophene rings is 1. The van der Waals surface area contributed by atoms with E-state index in [1.54, 1.807) is 29.5 Å². The van der Waals surface area contributed by atoms with Crippen LogP contribution >= 0.6 is 22.9 Å². The van der Waals surface area contributed by atoms with E-state index in [9.17, 15) is 4.79 Å².